The number of β-amino-alcohol motifs (C(OH)–C–C–N with tert-alkyl or cyclic N) is 1. The van der Waals surface area contributed by atoms with Crippen LogP contribution in [0.1, 0.15) is 13.3 Å². The van der Waals surface area contributed by atoms with E-state index in [2.05, 4.69) is 10.6 Å². The maximum atomic E-state index is 13.9. The van der Waals surface area contributed by atoms with E-state index in [1.807, 2.05) is 0 Å². The largest absolute Gasteiger partial charge is 0.395 e. The Kier molecular flexibility index (Phi) is 5.07. The number of hydrogen-bond donors (Lipinski definition) is 3. The number of anilines is 2. The molecule has 0 unspecified atom stereocenters. The fourth-order valence-corrected chi connectivity index (χ4v) is 2.00. The first-order valence-corrected chi connectivity index (χ1v) is 7.01. The van der Waals surface area contributed by atoms with Crippen LogP contribution >= 0.6 is 0 Å². The first kappa shape index (κ1) is 16.6. The molecule has 0 atom stereocenters. The van der Waals surface area contributed by atoms with Crippen molar-refractivity contribution in [2.75, 3.05) is 23.8 Å². The monoisotopic (exact) mass is 321 g/mol. The summed E-state index contributed by atoms with van der Waals surface area (Å²) in [5.41, 5.74) is 0.226. The molecule has 0 fully saturated rings. The fraction of sp³-hybridized carbons (Fsp3) is 0.267. The summed E-state index contributed by atoms with van der Waals surface area (Å²) < 4.78 is 13.9. The van der Waals surface area contributed by atoms with Crippen LogP contribution in [0, 0.1) is 5.82 Å². The third-order valence-electron chi connectivity index (χ3n) is 3.17. The Morgan fingerprint density at radius 3 is 2.74 bits per heavy atom. The molecule has 1 heterocycles. The van der Waals surface area contributed by atoms with Crippen LogP contribution in [-0.4, -0.2) is 40.9 Å². The highest BCUT2D eigenvalue weighted by Crippen LogP contribution is 2.23. The zero-order chi connectivity index (χ0) is 17.0. The second kappa shape index (κ2) is 7.01. The van der Waals surface area contributed by atoms with E-state index in [1.165, 1.54) is 12.1 Å². The van der Waals surface area contributed by atoms with E-state index < -0.39 is 17.6 Å². The molecule has 0 spiro atoms. The van der Waals surface area contributed by atoms with Crippen LogP contribution in [-0.2, 0) is 14.4 Å². The van der Waals surface area contributed by atoms with Crippen LogP contribution in [0.2, 0.25) is 0 Å². The second-order valence-electron chi connectivity index (χ2n) is 4.80. The standard InChI is InChI=1S/C15H16FN3O4/c1-2-13(21)17-9-3-4-10(16)11(7-9)18-12-8-14(22)19(5-6-20)15(12)23/h3-4,7-8,18,20H,2,5-6H2,1H3,(H,17,21). The molecule has 2 rings (SSSR count). The number of nitrogens with one attached hydrogen (secondary N) is 2. The number of imide groups is 1. The Balaban J connectivity index is 2.18. The van der Waals surface area contributed by atoms with Gasteiger partial charge >= 0.3 is 0 Å². The van der Waals surface area contributed by atoms with E-state index in [1.54, 1.807) is 6.92 Å². The van der Waals surface area contributed by atoms with Gasteiger partial charge in [0.15, 0.2) is 0 Å². The minimum absolute atomic E-state index is 0.0443. The van der Waals surface area contributed by atoms with Gasteiger partial charge in [0.05, 0.1) is 18.8 Å². The predicted molar refractivity (Wildman–Crippen MR) is 80.8 cm³/mol. The zero-order valence-corrected chi connectivity index (χ0v) is 12.4. The van der Waals surface area contributed by atoms with E-state index in [-0.39, 0.29) is 36.9 Å². The van der Waals surface area contributed by atoms with Crippen molar-refractivity contribution in [3.05, 3.63) is 35.8 Å². The Bertz CT molecular complexity index is 687. The van der Waals surface area contributed by atoms with Crippen molar-refractivity contribution >= 4 is 29.1 Å². The highest BCUT2D eigenvalue weighted by Gasteiger charge is 2.31. The lowest BCUT2D eigenvalue weighted by molar-refractivity contribution is -0.137. The molecule has 7 nitrogen and oxygen atoms in total. The normalized spacial score (nSPS) is 14.0. The molecule has 0 saturated carbocycles. The molecule has 0 radical (unpaired) electrons. The summed E-state index contributed by atoms with van der Waals surface area (Å²) >= 11 is 0. The lowest BCUT2D eigenvalue weighted by Crippen LogP contribution is -2.34. The number of rotatable bonds is 6. The van der Waals surface area contributed by atoms with Gasteiger partial charge in [-0.25, -0.2) is 4.39 Å². The van der Waals surface area contributed by atoms with Crippen molar-refractivity contribution in [2.24, 2.45) is 0 Å². The average molecular weight is 321 g/mol. The first-order chi connectivity index (χ1) is 11.0. The van der Waals surface area contributed by atoms with Gasteiger partial charge in [0, 0.05) is 18.2 Å². The second-order valence-corrected chi connectivity index (χ2v) is 4.80. The number of carbonyl (C=O) groups excluding carboxylic acids is 3. The van der Waals surface area contributed by atoms with Gasteiger partial charge in [-0.3, -0.25) is 19.3 Å². The highest BCUT2D eigenvalue weighted by atomic mass is 19.1. The molecule has 0 aliphatic carbocycles. The van der Waals surface area contributed by atoms with Gasteiger partial charge in [-0.05, 0) is 18.2 Å². The van der Waals surface area contributed by atoms with Crippen molar-refractivity contribution in [3.63, 3.8) is 0 Å². The average Bonchev–Trinajstić information content (AvgIpc) is 2.78. The molecule has 1 aliphatic rings. The van der Waals surface area contributed by atoms with Gasteiger partial charge in [-0.1, -0.05) is 6.92 Å². The van der Waals surface area contributed by atoms with Gasteiger partial charge in [-0.15, -0.1) is 0 Å². The Morgan fingerprint density at radius 1 is 1.35 bits per heavy atom. The highest BCUT2D eigenvalue weighted by molar-refractivity contribution is 6.17. The summed E-state index contributed by atoms with van der Waals surface area (Å²) in [5, 5.41) is 14.0. The van der Waals surface area contributed by atoms with E-state index >= 15 is 0 Å². The zero-order valence-electron chi connectivity index (χ0n) is 12.4. The molecule has 3 amide bonds. The molecule has 1 aromatic rings. The minimum atomic E-state index is -0.647. The Morgan fingerprint density at radius 2 is 2.09 bits per heavy atom. The molecular formula is C15H16FN3O4. The molecule has 23 heavy (non-hydrogen) atoms. The number of nitrogens with zero attached hydrogens (tertiary/aromatic N) is 1. The Hall–Kier alpha value is -2.74. The van der Waals surface area contributed by atoms with Gasteiger partial charge in [-0.2, -0.15) is 0 Å². The van der Waals surface area contributed by atoms with Crippen LogP contribution in [0.25, 0.3) is 0 Å². The maximum absolute atomic E-state index is 13.9. The molecule has 122 valence electrons. The quantitative estimate of drug-likeness (QED) is 0.674. The third-order valence-corrected chi connectivity index (χ3v) is 3.17. The number of halogens is 1. The lowest BCUT2D eigenvalue weighted by atomic mass is 10.2. The van der Waals surface area contributed by atoms with Crippen LogP contribution in [0.4, 0.5) is 15.8 Å². The SMILES string of the molecule is CCC(=O)Nc1ccc(F)c(NC2=CC(=O)N(CCO)C2=O)c1. The summed E-state index contributed by atoms with van der Waals surface area (Å²) in [5.74, 6) is -2.10. The molecule has 0 aromatic heterocycles. The number of hydrogen-bond acceptors (Lipinski definition) is 5. The number of aliphatic hydroxyl groups excluding tert-OH is 1. The number of amides is 3. The first-order valence-electron chi connectivity index (χ1n) is 7.01. The maximum Gasteiger partial charge on any atom is 0.277 e. The fourth-order valence-electron chi connectivity index (χ4n) is 2.00. The molecule has 3 N–H and O–H groups in total. The van der Waals surface area contributed by atoms with E-state index in [0.29, 0.717) is 5.69 Å². The topological polar surface area (TPSA) is 98.7 Å². The number of benzene rings is 1. The van der Waals surface area contributed by atoms with Crippen LogP contribution in [0.3, 0.4) is 0 Å². The van der Waals surface area contributed by atoms with E-state index in [4.69, 9.17) is 5.11 Å². The van der Waals surface area contributed by atoms with Crippen molar-refractivity contribution in [3.8, 4) is 0 Å². The van der Waals surface area contributed by atoms with Crippen molar-refractivity contribution in [1.29, 1.82) is 0 Å². The predicted octanol–water partition coefficient (Wildman–Crippen LogP) is 0.831. The summed E-state index contributed by atoms with van der Waals surface area (Å²) in [6.07, 6.45) is 1.31. The van der Waals surface area contributed by atoms with Crippen LogP contribution in [0.15, 0.2) is 30.0 Å². The van der Waals surface area contributed by atoms with Crippen LogP contribution < -0.4 is 10.6 Å². The minimum Gasteiger partial charge on any atom is -0.395 e. The molecule has 1 aromatic carbocycles. The van der Waals surface area contributed by atoms with Gasteiger partial charge < -0.3 is 15.7 Å². The van der Waals surface area contributed by atoms with Gasteiger partial charge in [0.25, 0.3) is 11.8 Å². The smallest absolute Gasteiger partial charge is 0.277 e. The Labute approximate surface area is 131 Å². The summed E-state index contributed by atoms with van der Waals surface area (Å²) in [7, 11) is 0. The van der Waals surface area contributed by atoms with E-state index in [0.717, 1.165) is 17.0 Å². The summed E-state index contributed by atoms with van der Waals surface area (Å²) in [4.78, 5) is 35.9. The number of aliphatic hydroxyl groups is 1. The van der Waals surface area contributed by atoms with Gasteiger partial charge in [0.2, 0.25) is 5.91 Å². The van der Waals surface area contributed by atoms with Gasteiger partial charge in [0.1, 0.15) is 11.5 Å². The summed E-state index contributed by atoms with van der Waals surface area (Å²) in [6, 6.07) is 3.86. The number of carbonyl (C=O) groups is 3. The molecular weight excluding hydrogens is 305 g/mol. The lowest BCUT2D eigenvalue weighted by Gasteiger charge is -2.14. The molecule has 0 bridgehead atoms. The van der Waals surface area contributed by atoms with Crippen molar-refractivity contribution in [2.45, 2.75) is 13.3 Å². The molecule has 0 saturated heterocycles. The summed E-state index contributed by atoms with van der Waals surface area (Å²) in [6.45, 7) is 1.20. The van der Waals surface area contributed by atoms with Crippen LogP contribution in [0.5, 0.6) is 0 Å². The van der Waals surface area contributed by atoms with E-state index in [9.17, 15) is 18.8 Å². The van der Waals surface area contributed by atoms with Crippen molar-refractivity contribution in [1.82, 2.24) is 4.90 Å². The third kappa shape index (κ3) is 3.72. The molecule has 1 aliphatic heterocycles. The molecule has 8 heteroatoms. The van der Waals surface area contributed by atoms with Crippen molar-refractivity contribution < 1.29 is 23.9 Å².